The summed E-state index contributed by atoms with van der Waals surface area (Å²) >= 11 is 0. The van der Waals surface area contributed by atoms with Crippen LogP contribution >= 0.6 is 0 Å². The second-order valence-corrected chi connectivity index (χ2v) is 5.81. The van der Waals surface area contributed by atoms with Crippen LogP contribution in [-0.4, -0.2) is 18.0 Å². The van der Waals surface area contributed by atoms with Gasteiger partial charge in [-0.1, -0.05) is 43.3 Å². The molecule has 2 aromatic rings. The fourth-order valence-electron chi connectivity index (χ4n) is 2.51. The molecule has 0 unspecified atom stereocenters. The van der Waals surface area contributed by atoms with Crippen molar-refractivity contribution in [2.45, 2.75) is 40.2 Å². The second kappa shape index (κ2) is 7.77. The normalized spacial score (nSPS) is 11.7. The van der Waals surface area contributed by atoms with Crippen LogP contribution in [0.4, 0.5) is 5.69 Å². The van der Waals surface area contributed by atoms with Crippen LogP contribution in [0.3, 0.4) is 0 Å². The molecule has 2 rings (SSSR count). The van der Waals surface area contributed by atoms with Gasteiger partial charge in [0.2, 0.25) is 0 Å². The molecule has 0 aromatic heterocycles. The molecule has 0 saturated heterocycles. The molecular formula is C20H23NO3. The summed E-state index contributed by atoms with van der Waals surface area (Å²) in [6, 6.07) is 13.0. The van der Waals surface area contributed by atoms with Crippen LogP contribution in [0.2, 0.25) is 0 Å². The highest BCUT2D eigenvalue weighted by Crippen LogP contribution is 2.21. The number of carbonyl (C=O) groups is 2. The summed E-state index contributed by atoms with van der Waals surface area (Å²) in [5, 5.41) is 2.88. The number of rotatable bonds is 5. The van der Waals surface area contributed by atoms with Gasteiger partial charge in [-0.05, 0) is 49.9 Å². The molecule has 4 heteroatoms. The number of hydrogen-bond donors (Lipinski definition) is 1. The summed E-state index contributed by atoms with van der Waals surface area (Å²) in [7, 11) is 0. The lowest BCUT2D eigenvalue weighted by atomic mass is 10.1. The number of amides is 1. The van der Waals surface area contributed by atoms with Crippen molar-refractivity contribution in [1.29, 1.82) is 0 Å². The number of anilines is 1. The van der Waals surface area contributed by atoms with Gasteiger partial charge in [0.25, 0.3) is 5.91 Å². The third-order valence-electron chi connectivity index (χ3n) is 4.01. The van der Waals surface area contributed by atoms with Crippen LogP contribution < -0.4 is 5.32 Å². The maximum atomic E-state index is 12.4. The van der Waals surface area contributed by atoms with E-state index in [0.717, 1.165) is 28.8 Å². The zero-order chi connectivity index (χ0) is 17.7. The standard InChI is InChI=1S/C20H23NO3/c1-5-16-11-8-10-14(3)18(16)21-19(22)15(4)24-20(23)17-12-7-6-9-13(17)2/h6-12,15H,5H2,1-4H3,(H,21,22)/t15-/m0/s1. The van der Waals surface area contributed by atoms with Crippen molar-refractivity contribution in [2.75, 3.05) is 5.32 Å². The predicted octanol–water partition coefficient (Wildman–Crippen LogP) is 4.05. The van der Waals surface area contributed by atoms with Gasteiger partial charge < -0.3 is 10.1 Å². The van der Waals surface area contributed by atoms with Crippen molar-refractivity contribution < 1.29 is 14.3 Å². The molecule has 0 heterocycles. The van der Waals surface area contributed by atoms with Gasteiger partial charge in [0, 0.05) is 5.69 Å². The zero-order valence-electron chi connectivity index (χ0n) is 14.6. The lowest BCUT2D eigenvalue weighted by molar-refractivity contribution is -0.123. The first-order valence-corrected chi connectivity index (χ1v) is 8.10. The molecule has 0 saturated carbocycles. The van der Waals surface area contributed by atoms with Gasteiger partial charge in [0.05, 0.1) is 5.56 Å². The first-order valence-electron chi connectivity index (χ1n) is 8.10. The van der Waals surface area contributed by atoms with E-state index in [9.17, 15) is 9.59 Å². The van der Waals surface area contributed by atoms with E-state index in [0.29, 0.717) is 5.56 Å². The van der Waals surface area contributed by atoms with Gasteiger partial charge in [0.1, 0.15) is 0 Å². The Bertz CT molecular complexity index is 752. The summed E-state index contributed by atoms with van der Waals surface area (Å²) in [6.07, 6.45) is -0.0595. The molecule has 0 fully saturated rings. The number of esters is 1. The first kappa shape index (κ1) is 17.7. The van der Waals surface area contributed by atoms with Crippen molar-refractivity contribution in [2.24, 2.45) is 0 Å². The largest absolute Gasteiger partial charge is 0.449 e. The molecule has 1 amide bonds. The van der Waals surface area contributed by atoms with Crippen molar-refractivity contribution in [3.8, 4) is 0 Å². The molecule has 0 aliphatic heterocycles. The highest BCUT2D eigenvalue weighted by Gasteiger charge is 2.21. The monoisotopic (exact) mass is 325 g/mol. The van der Waals surface area contributed by atoms with E-state index < -0.39 is 12.1 Å². The van der Waals surface area contributed by atoms with E-state index in [-0.39, 0.29) is 5.91 Å². The van der Waals surface area contributed by atoms with Gasteiger partial charge in [-0.25, -0.2) is 4.79 Å². The number of benzene rings is 2. The summed E-state index contributed by atoms with van der Waals surface area (Å²) < 4.78 is 5.31. The Morgan fingerprint density at radius 2 is 1.71 bits per heavy atom. The number of hydrogen-bond acceptors (Lipinski definition) is 3. The predicted molar refractivity (Wildman–Crippen MR) is 95.2 cm³/mol. The molecule has 0 spiro atoms. The molecule has 0 aliphatic rings. The third kappa shape index (κ3) is 4.02. The van der Waals surface area contributed by atoms with Crippen molar-refractivity contribution >= 4 is 17.6 Å². The minimum Gasteiger partial charge on any atom is -0.449 e. The molecule has 1 atom stereocenters. The maximum Gasteiger partial charge on any atom is 0.339 e. The summed E-state index contributed by atoms with van der Waals surface area (Å²) in [6.45, 7) is 7.39. The highest BCUT2D eigenvalue weighted by molar-refractivity contribution is 5.98. The third-order valence-corrected chi connectivity index (χ3v) is 4.01. The lowest BCUT2D eigenvalue weighted by Gasteiger charge is -2.17. The van der Waals surface area contributed by atoms with E-state index in [2.05, 4.69) is 5.32 Å². The SMILES string of the molecule is CCc1cccc(C)c1NC(=O)[C@H](C)OC(=O)c1ccccc1C. The lowest BCUT2D eigenvalue weighted by Crippen LogP contribution is -2.30. The average molecular weight is 325 g/mol. The van der Waals surface area contributed by atoms with E-state index in [4.69, 9.17) is 4.74 Å². The smallest absolute Gasteiger partial charge is 0.339 e. The van der Waals surface area contributed by atoms with Crippen molar-refractivity contribution in [1.82, 2.24) is 0 Å². The van der Waals surface area contributed by atoms with Gasteiger partial charge in [-0.15, -0.1) is 0 Å². The molecule has 0 bridgehead atoms. The average Bonchev–Trinajstić information content (AvgIpc) is 2.56. The van der Waals surface area contributed by atoms with Gasteiger partial charge >= 0.3 is 5.97 Å². The van der Waals surface area contributed by atoms with Gasteiger partial charge in [-0.3, -0.25) is 4.79 Å². The van der Waals surface area contributed by atoms with Crippen LogP contribution in [0.15, 0.2) is 42.5 Å². The molecule has 24 heavy (non-hydrogen) atoms. The van der Waals surface area contributed by atoms with E-state index >= 15 is 0 Å². The first-order chi connectivity index (χ1) is 11.4. The van der Waals surface area contributed by atoms with Gasteiger partial charge in [-0.2, -0.15) is 0 Å². The zero-order valence-corrected chi connectivity index (χ0v) is 14.6. The summed E-state index contributed by atoms with van der Waals surface area (Å²) in [4.78, 5) is 24.6. The number of ether oxygens (including phenoxy) is 1. The van der Waals surface area contributed by atoms with Gasteiger partial charge in [0.15, 0.2) is 6.10 Å². The molecule has 1 N–H and O–H groups in total. The van der Waals surface area contributed by atoms with Crippen LogP contribution in [0.25, 0.3) is 0 Å². The fourth-order valence-corrected chi connectivity index (χ4v) is 2.51. The van der Waals surface area contributed by atoms with Crippen molar-refractivity contribution in [3.05, 3.63) is 64.7 Å². The second-order valence-electron chi connectivity index (χ2n) is 5.81. The number of nitrogens with one attached hydrogen (secondary N) is 1. The fraction of sp³-hybridized carbons (Fsp3) is 0.300. The Morgan fingerprint density at radius 3 is 2.38 bits per heavy atom. The Balaban J connectivity index is 2.08. The Kier molecular flexibility index (Phi) is 5.74. The molecule has 0 aliphatic carbocycles. The summed E-state index contributed by atoms with van der Waals surface area (Å²) in [5.41, 5.74) is 4.13. The highest BCUT2D eigenvalue weighted by atomic mass is 16.5. The van der Waals surface area contributed by atoms with Crippen LogP contribution in [0, 0.1) is 13.8 Å². The molecular weight excluding hydrogens is 302 g/mol. The van der Waals surface area contributed by atoms with Crippen LogP contribution in [0.1, 0.15) is 40.9 Å². The number of para-hydroxylation sites is 1. The minimum atomic E-state index is -0.874. The Labute approximate surface area is 142 Å². The minimum absolute atomic E-state index is 0.332. The molecule has 0 radical (unpaired) electrons. The molecule has 2 aromatic carbocycles. The van der Waals surface area contributed by atoms with Crippen LogP contribution in [-0.2, 0) is 16.0 Å². The number of carbonyl (C=O) groups excluding carboxylic acids is 2. The molecule has 126 valence electrons. The topological polar surface area (TPSA) is 55.4 Å². The maximum absolute atomic E-state index is 12.4. The van der Waals surface area contributed by atoms with E-state index in [1.54, 1.807) is 19.1 Å². The van der Waals surface area contributed by atoms with Crippen LogP contribution in [0.5, 0.6) is 0 Å². The van der Waals surface area contributed by atoms with E-state index in [1.165, 1.54) is 0 Å². The molecule has 4 nitrogen and oxygen atoms in total. The van der Waals surface area contributed by atoms with E-state index in [1.807, 2.05) is 51.1 Å². The Hall–Kier alpha value is -2.62. The Morgan fingerprint density at radius 1 is 1.04 bits per heavy atom. The van der Waals surface area contributed by atoms with Crippen molar-refractivity contribution in [3.63, 3.8) is 0 Å². The quantitative estimate of drug-likeness (QED) is 0.844. The summed E-state index contributed by atoms with van der Waals surface area (Å²) in [5.74, 6) is -0.822. The number of aryl methyl sites for hydroxylation is 3.